The Morgan fingerprint density at radius 1 is 1.24 bits per heavy atom. The van der Waals surface area contributed by atoms with E-state index in [1.807, 2.05) is 12.1 Å². The molecule has 0 radical (unpaired) electrons. The van der Waals surface area contributed by atoms with E-state index in [1.54, 1.807) is 19.2 Å². The van der Waals surface area contributed by atoms with Crippen molar-refractivity contribution >= 4 is 10.0 Å². The Morgan fingerprint density at radius 2 is 1.90 bits per heavy atom. The van der Waals surface area contributed by atoms with Gasteiger partial charge in [0.2, 0.25) is 10.0 Å². The lowest BCUT2D eigenvalue weighted by Gasteiger charge is -2.17. The topological polar surface area (TPSA) is 49.4 Å². The second kappa shape index (κ2) is 7.38. The quantitative estimate of drug-likeness (QED) is 0.712. The molecule has 1 aromatic carbocycles. The first-order valence-electron chi connectivity index (χ1n) is 7.80. The van der Waals surface area contributed by atoms with Crippen LogP contribution in [0.1, 0.15) is 31.7 Å². The van der Waals surface area contributed by atoms with Crippen molar-refractivity contribution in [3.8, 4) is 0 Å². The lowest BCUT2D eigenvalue weighted by Crippen LogP contribution is -2.28. The fourth-order valence-electron chi connectivity index (χ4n) is 2.36. The van der Waals surface area contributed by atoms with E-state index >= 15 is 0 Å². The first-order chi connectivity index (χ1) is 10.0. The monoisotopic (exact) mass is 310 g/mol. The van der Waals surface area contributed by atoms with E-state index in [4.69, 9.17) is 0 Å². The SMILES string of the molecule is CCNCCCc1ccc(S(=O)(=O)N(C)CC2CC2)cc1. The average Bonchev–Trinajstić information content (AvgIpc) is 3.28. The lowest BCUT2D eigenvalue weighted by atomic mass is 10.1. The van der Waals surface area contributed by atoms with Gasteiger partial charge in [0.15, 0.2) is 0 Å². The molecule has 0 aliphatic heterocycles. The minimum atomic E-state index is -3.32. The van der Waals surface area contributed by atoms with E-state index in [1.165, 1.54) is 9.87 Å². The third-order valence-electron chi connectivity index (χ3n) is 3.91. The molecule has 1 aliphatic rings. The average molecular weight is 310 g/mol. The van der Waals surface area contributed by atoms with Crippen LogP contribution < -0.4 is 5.32 Å². The number of sulfonamides is 1. The van der Waals surface area contributed by atoms with Gasteiger partial charge in [-0.05, 0) is 62.4 Å². The van der Waals surface area contributed by atoms with Gasteiger partial charge >= 0.3 is 0 Å². The highest BCUT2D eigenvalue weighted by molar-refractivity contribution is 7.89. The molecule has 2 rings (SSSR count). The Kier molecular flexibility index (Phi) is 5.79. The highest BCUT2D eigenvalue weighted by Gasteiger charge is 2.28. The lowest BCUT2D eigenvalue weighted by molar-refractivity contribution is 0.453. The fraction of sp³-hybridized carbons (Fsp3) is 0.625. The molecular formula is C16H26N2O2S. The molecule has 1 aromatic rings. The standard InChI is InChI=1S/C16H26N2O2S/c1-3-17-12-4-5-14-8-10-16(11-9-14)21(19,20)18(2)13-15-6-7-15/h8-11,15,17H,3-7,12-13H2,1-2H3. The molecule has 5 heteroatoms. The van der Waals surface area contributed by atoms with Crippen LogP contribution in [-0.4, -0.2) is 39.4 Å². The van der Waals surface area contributed by atoms with Crippen LogP contribution >= 0.6 is 0 Å². The van der Waals surface area contributed by atoms with E-state index in [0.29, 0.717) is 17.4 Å². The van der Waals surface area contributed by atoms with Gasteiger partial charge in [-0.3, -0.25) is 0 Å². The zero-order valence-corrected chi connectivity index (χ0v) is 13.8. The summed E-state index contributed by atoms with van der Waals surface area (Å²) in [7, 11) is -1.64. The van der Waals surface area contributed by atoms with Crippen molar-refractivity contribution in [3.05, 3.63) is 29.8 Å². The molecule has 1 aliphatic carbocycles. The molecule has 0 amide bonds. The van der Waals surface area contributed by atoms with Gasteiger partial charge < -0.3 is 5.32 Å². The van der Waals surface area contributed by atoms with Crippen molar-refractivity contribution in [1.29, 1.82) is 0 Å². The maximum absolute atomic E-state index is 12.4. The molecule has 0 saturated heterocycles. The Morgan fingerprint density at radius 3 is 2.48 bits per heavy atom. The summed E-state index contributed by atoms with van der Waals surface area (Å²) >= 11 is 0. The van der Waals surface area contributed by atoms with E-state index in [0.717, 1.165) is 38.8 Å². The zero-order valence-electron chi connectivity index (χ0n) is 13.0. The van der Waals surface area contributed by atoms with Gasteiger partial charge in [-0.1, -0.05) is 19.1 Å². The van der Waals surface area contributed by atoms with E-state index in [9.17, 15) is 8.42 Å². The Hall–Kier alpha value is -0.910. The minimum Gasteiger partial charge on any atom is -0.317 e. The third kappa shape index (κ3) is 4.80. The largest absolute Gasteiger partial charge is 0.317 e. The summed E-state index contributed by atoms with van der Waals surface area (Å²) < 4.78 is 26.3. The second-order valence-corrected chi connectivity index (χ2v) is 7.87. The fourth-order valence-corrected chi connectivity index (χ4v) is 3.61. The Bertz CT molecular complexity index is 536. The number of nitrogens with zero attached hydrogens (tertiary/aromatic N) is 1. The highest BCUT2D eigenvalue weighted by atomic mass is 32.2. The van der Waals surface area contributed by atoms with E-state index in [-0.39, 0.29) is 0 Å². The van der Waals surface area contributed by atoms with Crippen molar-refractivity contribution in [1.82, 2.24) is 9.62 Å². The van der Waals surface area contributed by atoms with Crippen LogP contribution in [0.5, 0.6) is 0 Å². The van der Waals surface area contributed by atoms with Crippen molar-refractivity contribution in [3.63, 3.8) is 0 Å². The molecule has 1 fully saturated rings. The summed E-state index contributed by atoms with van der Waals surface area (Å²) in [5, 5.41) is 3.29. The number of nitrogens with one attached hydrogen (secondary N) is 1. The van der Waals surface area contributed by atoms with Crippen LogP contribution in [0.3, 0.4) is 0 Å². The molecule has 0 spiro atoms. The highest BCUT2D eigenvalue weighted by Crippen LogP contribution is 2.31. The summed E-state index contributed by atoms with van der Waals surface area (Å²) in [6, 6.07) is 7.34. The molecule has 1 N–H and O–H groups in total. The second-order valence-electron chi connectivity index (χ2n) is 5.83. The van der Waals surface area contributed by atoms with E-state index < -0.39 is 10.0 Å². The molecule has 4 nitrogen and oxygen atoms in total. The van der Waals surface area contributed by atoms with Crippen molar-refractivity contribution in [2.75, 3.05) is 26.7 Å². The van der Waals surface area contributed by atoms with Gasteiger partial charge in [0.05, 0.1) is 4.90 Å². The number of aryl methyl sites for hydroxylation is 1. The predicted octanol–water partition coefficient (Wildman–Crippen LogP) is 2.26. The maximum atomic E-state index is 12.4. The first kappa shape index (κ1) is 16.5. The Labute approximate surface area is 128 Å². The van der Waals surface area contributed by atoms with Gasteiger partial charge in [0.25, 0.3) is 0 Å². The van der Waals surface area contributed by atoms with Crippen molar-refractivity contribution in [2.45, 2.75) is 37.5 Å². The van der Waals surface area contributed by atoms with Crippen LogP contribution in [0.4, 0.5) is 0 Å². The van der Waals surface area contributed by atoms with Gasteiger partial charge in [-0.2, -0.15) is 0 Å². The smallest absolute Gasteiger partial charge is 0.242 e. The predicted molar refractivity (Wildman–Crippen MR) is 85.8 cm³/mol. The number of hydrogen-bond acceptors (Lipinski definition) is 3. The first-order valence-corrected chi connectivity index (χ1v) is 9.24. The number of benzene rings is 1. The minimum absolute atomic E-state index is 0.404. The Balaban J connectivity index is 1.93. The van der Waals surface area contributed by atoms with Crippen LogP contribution in [0.25, 0.3) is 0 Å². The maximum Gasteiger partial charge on any atom is 0.242 e. The molecule has 1 saturated carbocycles. The van der Waals surface area contributed by atoms with Crippen LogP contribution in [0.2, 0.25) is 0 Å². The third-order valence-corrected chi connectivity index (χ3v) is 5.75. The summed E-state index contributed by atoms with van der Waals surface area (Å²) in [6.07, 6.45) is 4.36. The van der Waals surface area contributed by atoms with Crippen LogP contribution in [0, 0.1) is 5.92 Å². The van der Waals surface area contributed by atoms with Gasteiger partial charge in [0, 0.05) is 13.6 Å². The molecule has 21 heavy (non-hydrogen) atoms. The number of rotatable bonds is 9. The number of hydrogen-bond donors (Lipinski definition) is 1. The normalized spacial score (nSPS) is 15.6. The molecule has 0 heterocycles. The molecule has 0 atom stereocenters. The van der Waals surface area contributed by atoms with Crippen LogP contribution in [0.15, 0.2) is 29.2 Å². The molecule has 118 valence electrons. The summed E-state index contributed by atoms with van der Waals surface area (Å²) in [5.41, 5.74) is 1.19. The van der Waals surface area contributed by atoms with E-state index in [2.05, 4.69) is 12.2 Å². The van der Waals surface area contributed by atoms with Crippen LogP contribution in [-0.2, 0) is 16.4 Å². The van der Waals surface area contributed by atoms with Gasteiger partial charge in [0.1, 0.15) is 0 Å². The van der Waals surface area contributed by atoms with Gasteiger partial charge in [-0.25, -0.2) is 12.7 Å². The molecule has 0 unspecified atom stereocenters. The zero-order chi connectivity index (χ0) is 15.3. The summed E-state index contributed by atoms with van der Waals surface area (Å²) in [4.78, 5) is 0.404. The summed E-state index contributed by atoms with van der Waals surface area (Å²) in [6.45, 7) is 4.73. The molecule has 0 bridgehead atoms. The summed E-state index contributed by atoms with van der Waals surface area (Å²) in [5.74, 6) is 0.565. The van der Waals surface area contributed by atoms with Crippen molar-refractivity contribution in [2.24, 2.45) is 5.92 Å². The van der Waals surface area contributed by atoms with Crippen molar-refractivity contribution < 1.29 is 8.42 Å². The molecular weight excluding hydrogens is 284 g/mol. The van der Waals surface area contributed by atoms with Gasteiger partial charge in [-0.15, -0.1) is 0 Å². The molecule has 0 aromatic heterocycles.